The maximum atomic E-state index is 12.7. The molecule has 5 nitrogen and oxygen atoms in total. The second-order valence-corrected chi connectivity index (χ2v) is 8.16. The number of nitrogens with two attached hydrogens (primary N) is 2. The van der Waals surface area contributed by atoms with Gasteiger partial charge in [0.25, 0.3) is 5.91 Å². The van der Waals surface area contributed by atoms with Gasteiger partial charge in [0, 0.05) is 22.7 Å². The zero-order valence-electron chi connectivity index (χ0n) is 18.1. The van der Waals surface area contributed by atoms with Crippen molar-refractivity contribution in [1.82, 2.24) is 0 Å². The van der Waals surface area contributed by atoms with Crippen molar-refractivity contribution in [2.45, 2.75) is 59.0 Å². The Labute approximate surface area is 174 Å². The van der Waals surface area contributed by atoms with E-state index in [-0.39, 0.29) is 18.0 Å². The molecule has 0 aliphatic rings. The van der Waals surface area contributed by atoms with Crippen LogP contribution in [0, 0.1) is 5.92 Å². The molecule has 156 valence electrons. The fourth-order valence-electron chi connectivity index (χ4n) is 3.37. The van der Waals surface area contributed by atoms with Crippen LogP contribution in [0.1, 0.15) is 74.5 Å². The van der Waals surface area contributed by atoms with Crippen LogP contribution < -0.4 is 16.4 Å². The molecule has 2 rings (SSSR count). The van der Waals surface area contributed by atoms with Gasteiger partial charge in [-0.15, -0.1) is 0 Å². The third kappa shape index (κ3) is 6.16. The topological polar surface area (TPSA) is 88.8 Å². The van der Waals surface area contributed by atoms with Gasteiger partial charge < -0.3 is 16.4 Å². The molecule has 0 saturated heterocycles. The highest BCUT2D eigenvalue weighted by atomic mass is 16.2. The van der Waals surface area contributed by atoms with Crippen LogP contribution in [-0.4, -0.2) is 17.9 Å². The Morgan fingerprint density at radius 3 is 1.97 bits per heavy atom. The van der Waals surface area contributed by atoms with Gasteiger partial charge in [-0.1, -0.05) is 52.0 Å². The number of hydrogen-bond donors (Lipinski definition) is 3. The van der Waals surface area contributed by atoms with E-state index in [0.29, 0.717) is 23.1 Å². The number of carbonyl (C=O) groups excluding carboxylic acids is 2. The fraction of sp³-hybridized carbons (Fsp3) is 0.417. The van der Waals surface area contributed by atoms with E-state index in [1.54, 1.807) is 24.3 Å². The van der Waals surface area contributed by atoms with E-state index in [0.717, 1.165) is 6.42 Å². The minimum atomic E-state index is -0.483. The molecule has 2 aromatic carbocycles. The summed E-state index contributed by atoms with van der Waals surface area (Å²) in [5, 5.41) is 5.03. The molecule has 0 fully saturated rings. The minimum absolute atomic E-state index is 0.0706. The molecule has 0 heterocycles. The summed E-state index contributed by atoms with van der Waals surface area (Å²) >= 11 is 0. The Kier molecular flexibility index (Phi) is 7.97. The number of nitrogens with one attached hydrogen (secondary N) is 1. The van der Waals surface area contributed by atoms with Crippen LogP contribution in [0.2, 0.25) is 0 Å². The number of hydrogen-bond acceptors (Lipinski definition) is 2. The van der Waals surface area contributed by atoms with Gasteiger partial charge in [-0.05, 0) is 49.1 Å². The lowest BCUT2D eigenvalue weighted by Crippen LogP contribution is -2.93. The van der Waals surface area contributed by atoms with Crippen LogP contribution in [0.4, 0.5) is 5.69 Å². The maximum absolute atomic E-state index is 12.7. The summed E-state index contributed by atoms with van der Waals surface area (Å²) in [5.41, 5.74) is 8.91. The summed E-state index contributed by atoms with van der Waals surface area (Å²) in [4.78, 5) is 23.8. The number of amides is 2. The second kappa shape index (κ2) is 10.2. The molecular formula is C24H34N3O2+. The molecule has 0 aromatic heterocycles. The van der Waals surface area contributed by atoms with Crippen molar-refractivity contribution in [1.29, 1.82) is 0 Å². The van der Waals surface area contributed by atoms with Crippen LogP contribution in [0.15, 0.2) is 48.5 Å². The first kappa shape index (κ1) is 22.6. The molecule has 5 heteroatoms. The van der Waals surface area contributed by atoms with E-state index in [1.165, 1.54) is 11.1 Å². The zero-order valence-corrected chi connectivity index (χ0v) is 18.1. The number of anilines is 1. The van der Waals surface area contributed by atoms with Crippen LogP contribution in [0.25, 0.3) is 0 Å². The molecule has 0 bridgehead atoms. The highest BCUT2D eigenvalue weighted by Crippen LogP contribution is 2.23. The van der Waals surface area contributed by atoms with Gasteiger partial charge in [0.2, 0.25) is 5.91 Å². The number of carbonyl (C=O) groups is 2. The van der Waals surface area contributed by atoms with E-state index in [2.05, 4.69) is 62.6 Å². The molecule has 29 heavy (non-hydrogen) atoms. The molecular weight excluding hydrogens is 362 g/mol. The minimum Gasteiger partial charge on any atom is -0.366 e. The van der Waals surface area contributed by atoms with Crippen LogP contribution in [0.3, 0.4) is 0 Å². The van der Waals surface area contributed by atoms with Gasteiger partial charge in [0.1, 0.15) is 6.04 Å². The number of rotatable bonds is 9. The van der Waals surface area contributed by atoms with E-state index >= 15 is 0 Å². The Hall–Kier alpha value is -2.66. The van der Waals surface area contributed by atoms with Crippen molar-refractivity contribution >= 4 is 17.5 Å². The van der Waals surface area contributed by atoms with Gasteiger partial charge in [0.15, 0.2) is 6.04 Å². The van der Waals surface area contributed by atoms with Crippen molar-refractivity contribution in [3.05, 3.63) is 65.2 Å². The molecule has 0 aliphatic heterocycles. The van der Waals surface area contributed by atoms with E-state index in [1.807, 2.05) is 6.92 Å². The summed E-state index contributed by atoms with van der Waals surface area (Å²) in [6.07, 6.45) is 1.12. The molecule has 5 N–H and O–H groups in total. The van der Waals surface area contributed by atoms with Gasteiger partial charge in [-0.2, -0.15) is 0 Å². The smallest absolute Gasteiger partial charge is 0.282 e. The first-order valence-electron chi connectivity index (χ1n) is 10.4. The highest BCUT2D eigenvalue weighted by Gasteiger charge is 2.26. The second-order valence-electron chi connectivity index (χ2n) is 8.16. The van der Waals surface area contributed by atoms with Gasteiger partial charge in [-0.3, -0.25) is 9.59 Å². The lowest BCUT2D eigenvalue weighted by molar-refractivity contribution is -0.718. The molecule has 0 saturated carbocycles. The largest absolute Gasteiger partial charge is 0.366 e. The average molecular weight is 397 g/mol. The number of quaternary nitrogens is 1. The zero-order chi connectivity index (χ0) is 21.6. The Balaban J connectivity index is 2.05. The normalized spacial score (nSPS) is 14.3. The average Bonchev–Trinajstić information content (AvgIpc) is 2.71. The SMILES string of the molecule is CC[C@@H](C)c1ccc([C@@H]([NH2+][C@@H](C)C(=O)Nc2ccc(C(N)=O)cc2)C(C)C)cc1. The van der Waals surface area contributed by atoms with Crippen molar-refractivity contribution in [3.63, 3.8) is 0 Å². The predicted molar refractivity (Wildman–Crippen MR) is 118 cm³/mol. The summed E-state index contributed by atoms with van der Waals surface area (Å²) in [5.74, 6) is 0.383. The lowest BCUT2D eigenvalue weighted by atomic mass is 9.91. The standard InChI is InChI=1S/C24H33N3O2/c1-6-16(4)18-7-9-19(10-8-18)22(15(2)3)26-17(5)24(29)27-21-13-11-20(12-14-21)23(25)28/h7-17,22,26H,6H2,1-5H3,(H2,25,28)(H,27,29)/p+1/t16-,17+,22+/m1/s1. The lowest BCUT2D eigenvalue weighted by Gasteiger charge is -2.23. The van der Waals surface area contributed by atoms with Crippen molar-refractivity contribution < 1.29 is 14.9 Å². The summed E-state index contributed by atoms with van der Waals surface area (Å²) in [7, 11) is 0. The molecule has 0 aliphatic carbocycles. The van der Waals surface area contributed by atoms with E-state index < -0.39 is 5.91 Å². The summed E-state index contributed by atoms with van der Waals surface area (Å²) in [6, 6.07) is 15.3. The highest BCUT2D eigenvalue weighted by molar-refractivity contribution is 5.95. The summed E-state index contributed by atoms with van der Waals surface area (Å²) in [6.45, 7) is 10.7. The third-order valence-corrected chi connectivity index (χ3v) is 5.57. The maximum Gasteiger partial charge on any atom is 0.282 e. The van der Waals surface area contributed by atoms with Crippen molar-refractivity contribution in [3.8, 4) is 0 Å². The monoisotopic (exact) mass is 396 g/mol. The molecule has 2 aromatic rings. The third-order valence-electron chi connectivity index (χ3n) is 5.57. The van der Waals surface area contributed by atoms with Gasteiger partial charge in [0.05, 0.1) is 0 Å². The molecule has 0 unspecified atom stereocenters. The Morgan fingerprint density at radius 1 is 0.931 bits per heavy atom. The molecule has 0 spiro atoms. The van der Waals surface area contributed by atoms with Crippen LogP contribution in [-0.2, 0) is 4.79 Å². The Bertz CT molecular complexity index is 813. The van der Waals surface area contributed by atoms with E-state index in [4.69, 9.17) is 5.73 Å². The van der Waals surface area contributed by atoms with Gasteiger partial charge >= 0.3 is 0 Å². The van der Waals surface area contributed by atoms with E-state index in [9.17, 15) is 9.59 Å². The predicted octanol–water partition coefficient (Wildman–Crippen LogP) is 3.59. The number of primary amides is 1. The molecule has 3 atom stereocenters. The van der Waals surface area contributed by atoms with Crippen LogP contribution >= 0.6 is 0 Å². The van der Waals surface area contributed by atoms with Crippen molar-refractivity contribution in [2.75, 3.05) is 5.32 Å². The molecule has 0 radical (unpaired) electrons. The Morgan fingerprint density at radius 2 is 1.48 bits per heavy atom. The van der Waals surface area contributed by atoms with Crippen LogP contribution in [0.5, 0.6) is 0 Å². The summed E-state index contributed by atoms with van der Waals surface area (Å²) < 4.78 is 0. The number of benzene rings is 2. The molecule has 2 amide bonds. The van der Waals surface area contributed by atoms with Crippen molar-refractivity contribution in [2.24, 2.45) is 11.7 Å². The van der Waals surface area contributed by atoms with Gasteiger partial charge in [-0.25, -0.2) is 0 Å². The quantitative estimate of drug-likeness (QED) is 0.605. The fourth-order valence-corrected chi connectivity index (χ4v) is 3.37. The first-order chi connectivity index (χ1) is 13.7. The first-order valence-corrected chi connectivity index (χ1v) is 10.4.